The van der Waals surface area contributed by atoms with Crippen LogP contribution >= 0.6 is 0 Å². The Kier molecular flexibility index (Phi) is 20.3. The fourth-order valence-corrected chi connectivity index (χ4v) is 3.11. The summed E-state index contributed by atoms with van der Waals surface area (Å²) < 4.78 is 0. The summed E-state index contributed by atoms with van der Waals surface area (Å²) in [5.41, 5.74) is 0. The van der Waals surface area contributed by atoms with Crippen LogP contribution in [0.4, 0.5) is 0 Å². The zero-order valence-corrected chi connectivity index (χ0v) is 22.0. The van der Waals surface area contributed by atoms with Crippen molar-refractivity contribution < 1.29 is 19.2 Å². The molecule has 0 saturated carbocycles. The minimum Gasteiger partial charge on any atom is -0.359 e. The molecule has 4 amide bonds. The highest BCUT2D eigenvalue weighted by Crippen LogP contribution is 1.98. The Morgan fingerprint density at radius 1 is 0.686 bits per heavy atom. The van der Waals surface area contributed by atoms with E-state index in [4.69, 9.17) is 0 Å². The fraction of sp³-hybridized carbons (Fsp3) is 0.783. The second-order valence-corrected chi connectivity index (χ2v) is 7.95. The zero-order chi connectivity index (χ0) is 26.3. The third kappa shape index (κ3) is 19.4. The first-order valence-corrected chi connectivity index (χ1v) is 12.4. The van der Waals surface area contributed by atoms with Crippen LogP contribution in [-0.4, -0.2) is 126 Å². The predicted molar refractivity (Wildman–Crippen MR) is 138 cm³/mol. The minimum absolute atomic E-state index is 0.0128. The third-order valence-electron chi connectivity index (χ3n) is 5.34. The molecule has 12 heteroatoms. The third-order valence-corrected chi connectivity index (χ3v) is 5.34. The molecule has 0 rings (SSSR count). The van der Waals surface area contributed by atoms with Crippen LogP contribution in [0.2, 0.25) is 0 Å². The molecule has 0 spiro atoms. The lowest BCUT2D eigenvalue weighted by molar-refractivity contribution is -0.121. The zero-order valence-electron chi connectivity index (χ0n) is 22.0. The molecule has 0 saturated heterocycles. The van der Waals surface area contributed by atoms with Gasteiger partial charge in [-0.05, 0) is 6.92 Å². The molecule has 0 bridgehead atoms. The number of hydrogen-bond acceptors (Lipinski definition) is 8. The summed E-state index contributed by atoms with van der Waals surface area (Å²) in [6, 6.07) is 0. The number of aliphatic imine (C=N–C) groups is 1. The molecular formula is C23H46N8O4. The van der Waals surface area contributed by atoms with Gasteiger partial charge in [-0.15, -0.1) is 0 Å². The van der Waals surface area contributed by atoms with Gasteiger partial charge < -0.3 is 31.5 Å². The lowest BCUT2D eigenvalue weighted by Crippen LogP contribution is -2.42. The normalized spacial score (nSPS) is 11.1. The molecule has 0 aromatic rings. The lowest BCUT2D eigenvalue weighted by Gasteiger charge is -2.27. The Morgan fingerprint density at radius 3 is 1.80 bits per heavy atom. The van der Waals surface area contributed by atoms with Crippen molar-refractivity contribution in [3.05, 3.63) is 0 Å². The first kappa shape index (κ1) is 32.4. The number of carbonyl (C=O) groups excluding carboxylic acids is 4. The Labute approximate surface area is 210 Å². The number of nitrogens with zero attached hydrogens (tertiary/aromatic N) is 3. The molecule has 12 nitrogen and oxygen atoms in total. The van der Waals surface area contributed by atoms with Crippen LogP contribution in [0.1, 0.15) is 32.6 Å². The van der Waals surface area contributed by atoms with Gasteiger partial charge >= 0.3 is 0 Å². The van der Waals surface area contributed by atoms with Gasteiger partial charge in [0, 0.05) is 106 Å². The van der Waals surface area contributed by atoms with Gasteiger partial charge in [0.1, 0.15) is 0 Å². The molecule has 0 aromatic heterocycles. The maximum Gasteiger partial charge on any atom is 0.225 e. The summed E-state index contributed by atoms with van der Waals surface area (Å²) in [5.74, 6) is -0.0928. The maximum absolute atomic E-state index is 11.8. The van der Waals surface area contributed by atoms with Crippen molar-refractivity contribution in [1.29, 1.82) is 0 Å². The van der Waals surface area contributed by atoms with E-state index in [-0.39, 0.29) is 30.0 Å². The van der Waals surface area contributed by atoms with E-state index < -0.39 is 0 Å². The minimum atomic E-state index is -0.0865. The molecule has 5 N–H and O–H groups in total. The largest absolute Gasteiger partial charge is 0.359 e. The van der Waals surface area contributed by atoms with E-state index in [1.807, 2.05) is 6.92 Å². The lowest BCUT2D eigenvalue weighted by atomic mass is 10.3. The fourth-order valence-electron chi connectivity index (χ4n) is 3.11. The van der Waals surface area contributed by atoms with Crippen molar-refractivity contribution in [2.24, 2.45) is 4.99 Å². The molecule has 0 aliphatic heterocycles. The van der Waals surface area contributed by atoms with E-state index >= 15 is 0 Å². The van der Waals surface area contributed by atoms with Crippen LogP contribution in [0.25, 0.3) is 0 Å². The molecule has 0 aliphatic carbocycles. The molecule has 202 valence electrons. The summed E-state index contributed by atoms with van der Waals surface area (Å²) in [6.07, 6.45) is 3.07. The van der Waals surface area contributed by atoms with Crippen LogP contribution in [0.5, 0.6) is 0 Å². The van der Waals surface area contributed by atoms with Crippen molar-refractivity contribution in [3.63, 3.8) is 0 Å². The number of hydrogen-bond donors (Lipinski definition) is 5. The van der Waals surface area contributed by atoms with E-state index in [0.717, 1.165) is 13.1 Å². The van der Waals surface area contributed by atoms with Gasteiger partial charge in [0.05, 0.1) is 13.0 Å². The predicted octanol–water partition coefficient (Wildman–Crippen LogP) is -1.81. The highest BCUT2D eigenvalue weighted by atomic mass is 16.2. The van der Waals surface area contributed by atoms with Gasteiger partial charge in [0.15, 0.2) is 0 Å². The maximum atomic E-state index is 11.8. The van der Waals surface area contributed by atoms with Crippen molar-refractivity contribution >= 4 is 29.8 Å². The summed E-state index contributed by atoms with van der Waals surface area (Å²) in [7, 11) is 4.83. The van der Waals surface area contributed by atoms with E-state index in [0.29, 0.717) is 71.6 Å². The number of carbonyl (C=O) groups is 4. The van der Waals surface area contributed by atoms with Crippen LogP contribution < -0.4 is 26.6 Å². The Hall–Kier alpha value is -2.57. The molecule has 0 radical (unpaired) electrons. The second kappa shape index (κ2) is 21.9. The quantitative estimate of drug-likeness (QED) is 0.0925. The monoisotopic (exact) mass is 498 g/mol. The first-order valence-electron chi connectivity index (χ1n) is 12.4. The Bertz CT molecular complexity index is 645. The van der Waals surface area contributed by atoms with E-state index in [9.17, 15) is 19.2 Å². The standard InChI is InChI=1S/C23H46N8O4/c1-5-29-23(35)7-11-28-13-17-31(15-9-22(34)26-4)19-18-30(14-8-21(33)25-3)16-12-27-10-6-20(32)24-2/h10,28H,5-9,11-19H2,1-4H3,(H,24,32)(H,25,33)(H,26,34)(H,29,35). The topological polar surface area (TPSA) is 147 Å². The number of rotatable bonds is 21. The highest BCUT2D eigenvalue weighted by Gasteiger charge is 2.12. The van der Waals surface area contributed by atoms with Crippen molar-refractivity contribution in [2.45, 2.75) is 32.6 Å². The number of amides is 4. The Morgan fingerprint density at radius 2 is 1.26 bits per heavy atom. The summed E-state index contributed by atoms with van der Waals surface area (Å²) in [4.78, 5) is 55.0. The molecule has 0 atom stereocenters. The summed E-state index contributed by atoms with van der Waals surface area (Å²) in [5, 5.41) is 13.9. The van der Waals surface area contributed by atoms with Gasteiger partial charge in [0.2, 0.25) is 23.6 Å². The van der Waals surface area contributed by atoms with Gasteiger partial charge in [-0.2, -0.15) is 0 Å². The van der Waals surface area contributed by atoms with Crippen molar-refractivity contribution in [3.8, 4) is 0 Å². The van der Waals surface area contributed by atoms with Gasteiger partial charge in [-0.25, -0.2) is 0 Å². The van der Waals surface area contributed by atoms with Crippen LogP contribution in [0.15, 0.2) is 4.99 Å². The highest BCUT2D eigenvalue weighted by molar-refractivity contribution is 5.89. The van der Waals surface area contributed by atoms with Crippen LogP contribution in [0, 0.1) is 0 Å². The molecule has 0 aromatic carbocycles. The van der Waals surface area contributed by atoms with Gasteiger partial charge in [0.25, 0.3) is 0 Å². The number of nitrogens with one attached hydrogen (secondary N) is 5. The molecule has 0 fully saturated rings. The smallest absolute Gasteiger partial charge is 0.225 e. The SMILES string of the molecule is CCNC(=O)CCNCCN(CCC(=O)NC)CCN(CCN=CCC(=O)NC)CCC(=O)NC. The summed E-state index contributed by atoms with van der Waals surface area (Å²) >= 11 is 0. The molecule has 0 aliphatic rings. The Balaban J connectivity index is 4.75. The van der Waals surface area contributed by atoms with E-state index in [2.05, 4.69) is 41.4 Å². The van der Waals surface area contributed by atoms with Gasteiger partial charge in [-0.1, -0.05) is 0 Å². The van der Waals surface area contributed by atoms with Crippen LogP contribution in [0.3, 0.4) is 0 Å². The van der Waals surface area contributed by atoms with Gasteiger partial charge in [-0.3, -0.25) is 29.1 Å². The van der Waals surface area contributed by atoms with Crippen molar-refractivity contribution in [2.75, 3.05) is 86.6 Å². The van der Waals surface area contributed by atoms with Crippen LogP contribution in [-0.2, 0) is 19.2 Å². The average molecular weight is 499 g/mol. The van der Waals surface area contributed by atoms with E-state index in [1.165, 1.54) is 0 Å². The molecule has 0 unspecified atom stereocenters. The van der Waals surface area contributed by atoms with Crippen molar-refractivity contribution in [1.82, 2.24) is 36.4 Å². The first-order chi connectivity index (χ1) is 16.9. The average Bonchev–Trinajstić information content (AvgIpc) is 2.86. The summed E-state index contributed by atoms with van der Waals surface area (Å²) in [6.45, 7) is 8.41. The molecule has 0 heterocycles. The second-order valence-electron chi connectivity index (χ2n) is 7.95. The molecular weight excluding hydrogens is 452 g/mol. The van der Waals surface area contributed by atoms with E-state index in [1.54, 1.807) is 27.4 Å². The molecule has 35 heavy (non-hydrogen) atoms.